The molecule has 4 rings (SSSR count). The predicted octanol–water partition coefficient (Wildman–Crippen LogP) is 6.05. The van der Waals surface area contributed by atoms with Crippen molar-refractivity contribution in [2.45, 2.75) is 51.9 Å². The lowest BCUT2D eigenvalue weighted by Gasteiger charge is -2.26. The van der Waals surface area contributed by atoms with E-state index in [4.69, 9.17) is 13.9 Å². The number of piperidine rings is 1. The van der Waals surface area contributed by atoms with Gasteiger partial charge in [-0.25, -0.2) is 4.79 Å². The number of hydrogen-bond donors (Lipinski definition) is 0. The zero-order valence-corrected chi connectivity index (χ0v) is 20.8. The van der Waals surface area contributed by atoms with Crippen molar-refractivity contribution >= 4 is 22.7 Å². The van der Waals surface area contributed by atoms with Crippen LogP contribution in [0.3, 0.4) is 0 Å². The summed E-state index contributed by atoms with van der Waals surface area (Å²) in [5.74, 6) is 0.910. The fourth-order valence-electron chi connectivity index (χ4n) is 4.66. The van der Waals surface area contributed by atoms with Gasteiger partial charge in [0.1, 0.15) is 17.1 Å². The predicted molar refractivity (Wildman–Crippen MR) is 136 cm³/mol. The standard InChI is InChI=1S/C29H35NO5/c1-3-4-9-25-27(24-15-12-22(29(32)33-2)20-26(24)35-25)28(31)21-10-13-23(14-11-21)34-19-8-18-30-16-6-5-7-17-30/h10-15,20H,3-9,16-19H2,1-2H3. The number of likely N-dealkylation sites (tertiary alicyclic amines) is 1. The van der Waals surface area contributed by atoms with Crippen molar-refractivity contribution in [2.75, 3.05) is 33.4 Å². The summed E-state index contributed by atoms with van der Waals surface area (Å²) in [4.78, 5) is 28.0. The summed E-state index contributed by atoms with van der Waals surface area (Å²) in [5, 5.41) is 0.715. The fourth-order valence-corrected chi connectivity index (χ4v) is 4.66. The first-order valence-electron chi connectivity index (χ1n) is 12.7. The van der Waals surface area contributed by atoms with E-state index in [0.717, 1.165) is 31.6 Å². The Morgan fingerprint density at radius 2 is 1.71 bits per heavy atom. The van der Waals surface area contributed by atoms with Crippen LogP contribution in [0.4, 0.5) is 0 Å². The zero-order valence-electron chi connectivity index (χ0n) is 20.8. The first-order chi connectivity index (χ1) is 17.1. The van der Waals surface area contributed by atoms with Gasteiger partial charge in [-0.2, -0.15) is 0 Å². The third-order valence-electron chi connectivity index (χ3n) is 6.62. The van der Waals surface area contributed by atoms with Gasteiger partial charge < -0.3 is 18.8 Å². The quantitative estimate of drug-likeness (QED) is 0.190. The number of carbonyl (C=O) groups excluding carboxylic acids is 2. The van der Waals surface area contributed by atoms with E-state index in [0.29, 0.717) is 46.4 Å². The van der Waals surface area contributed by atoms with E-state index in [9.17, 15) is 9.59 Å². The van der Waals surface area contributed by atoms with Gasteiger partial charge in [-0.05, 0) is 81.2 Å². The summed E-state index contributed by atoms with van der Waals surface area (Å²) >= 11 is 0. The molecule has 0 unspecified atom stereocenters. The lowest BCUT2D eigenvalue weighted by Crippen LogP contribution is -2.31. The van der Waals surface area contributed by atoms with Gasteiger partial charge in [0, 0.05) is 23.9 Å². The Kier molecular flexibility index (Phi) is 8.59. The minimum atomic E-state index is -0.433. The number of carbonyl (C=O) groups is 2. The Bertz CT molecular complexity index is 1140. The number of ether oxygens (including phenoxy) is 2. The van der Waals surface area contributed by atoms with Crippen LogP contribution < -0.4 is 4.74 Å². The van der Waals surface area contributed by atoms with E-state index < -0.39 is 5.97 Å². The van der Waals surface area contributed by atoms with Gasteiger partial charge in [0.25, 0.3) is 0 Å². The van der Waals surface area contributed by atoms with Gasteiger partial charge in [0.05, 0.1) is 24.8 Å². The molecule has 1 aliphatic heterocycles. The van der Waals surface area contributed by atoms with E-state index in [1.54, 1.807) is 18.2 Å². The monoisotopic (exact) mass is 477 g/mol. The summed E-state index contributed by atoms with van der Waals surface area (Å²) in [6.45, 7) is 6.24. The molecule has 6 nitrogen and oxygen atoms in total. The summed E-state index contributed by atoms with van der Waals surface area (Å²) in [5.41, 5.74) is 2.08. The molecule has 35 heavy (non-hydrogen) atoms. The van der Waals surface area contributed by atoms with Crippen molar-refractivity contribution in [1.29, 1.82) is 0 Å². The van der Waals surface area contributed by atoms with Crippen LogP contribution in [-0.4, -0.2) is 50.0 Å². The Hall–Kier alpha value is -3.12. The molecule has 0 amide bonds. The number of methoxy groups -OCH3 is 1. The normalized spacial score (nSPS) is 14.2. The Morgan fingerprint density at radius 3 is 2.43 bits per heavy atom. The molecule has 0 N–H and O–H groups in total. The summed E-state index contributed by atoms with van der Waals surface area (Å²) in [7, 11) is 1.35. The number of unbranched alkanes of at least 4 members (excludes halogenated alkanes) is 1. The van der Waals surface area contributed by atoms with Crippen LogP contribution in [0.2, 0.25) is 0 Å². The number of benzene rings is 2. The molecule has 0 saturated carbocycles. The van der Waals surface area contributed by atoms with Crippen LogP contribution in [0, 0.1) is 0 Å². The maximum Gasteiger partial charge on any atom is 0.337 e. The average molecular weight is 478 g/mol. The van der Waals surface area contributed by atoms with Gasteiger partial charge in [-0.3, -0.25) is 4.79 Å². The molecule has 0 radical (unpaired) electrons. The molecule has 0 aliphatic carbocycles. The number of fused-ring (bicyclic) bond motifs is 1. The number of ketones is 1. The summed E-state index contributed by atoms with van der Waals surface area (Å²) in [6.07, 6.45) is 7.51. The van der Waals surface area contributed by atoms with Gasteiger partial charge in [0.2, 0.25) is 0 Å². The first kappa shape index (κ1) is 25.0. The number of esters is 1. The van der Waals surface area contributed by atoms with E-state index in [1.165, 1.54) is 39.5 Å². The maximum absolute atomic E-state index is 13.5. The minimum absolute atomic E-state index is 0.0858. The number of nitrogens with zero attached hydrogens (tertiary/aromatic N) is 1. The number of hydrogen-bond acceptors (Lipinski definition) is 6. The maximum atomic E-state index is 13.5. The van der Waals surface area contributed by atoms with Crippen LogP contribution in [0.5, 0.6) is 5.75 Å². The largest absolute Gasteiger partial charge is 0.494 e. The van der Waals surface area contributed by atoms with Gasteiger partial charge in [-0.1, -0.05) is 19.8 Å². The Morgan fingerprint density at radius 1 is 0.971 bits per heavy atom. The average Bonchev–Trinajstić information content (AvgIpc) is 3.27. The summed E-state index contributed by atoms with van der Waals surface area (Å²) < 4.78 is 16.8. The Balaban J connectivity index is 1.46. The second-order valence-corrected chi connectivity index (χ2v) is 9.16. The molecule has 6 heteroatoms. The van der Waals surface area contributed by atoms with Crippen molar-refractivity contribution in [3.05, 3.63) is 64.9 Å². The first-order valence-corrected chi connectivity index (χ1v) is 12.7. The molecular formula is C29H35NO5. The molecule has 0 spiro atoms. The second-order valence-electron chi connectivity index (χ2n) is 9.16. The van der Waals surface area contributed by atoms with Crippen molar-refractivity contribution in [3.8, 4) is 5.75 Å². The van der Waals surface area contributed by atoms with Crippen LogP contribution in [0.15, 0.2) is 46.9 Å². The third kappa shape index (κ3) is 6.12. The molecule has 186 valence electrons. The number of rotatable bonds is 11. The van der Waals surface area contributed by atoms with Crippen molar-refractivity contribution in [2.24, 2.45) is 0 Å². The van der Waals surface area contributed by atoms with Crippen molar-refractivity contribution in [3.63, 3.8) is 0 Å². The second kappa shape index (κ2) is 12.0. The van der Waals surface area contributed by atoms with Crippen LogP contribution in [-0.2, 0) is 11.2 Å². The highest BCUT2D eigenvalue weighted by Crippen LogP contribution is 2.31. The van der Waals surface area contributed by atoms with Gasteiger partial charge in [0.15, 0.2) is 5.78 Å². The lowest BCUT2D eigenvalue weighted by atomic mass is 9.98. The smallest absolute Gasteiger partial charge is 0.337 e. The van der Waals surface area contributed by atoms with E-state index in [2.05, 4.69) is 11.8 Å². The fraction of sp³-hybridized carbons (Fsp3) is 0.448. The van der Waals surface area contributed by atoms with Crippen molar-refractivity contribution < 1.29 is 23.5 Å². The molecule has 1 aromatic heterocycles. The number of furan rings is 1. The van der Waals surface area contributed by atoms with Gasteiger partial charge in [-0.15, -0.1) is 0 Å². The molecule has 3 aromatic rings. The molecule has 0 atom stereocenters. The lowest BCUT2D eigenvalue weighted by molar-refractivity contribution is 0.0600. The molecule has 0 bridgehead atoms. The SMILES string of the molecule is CCCCc1oc2cc(C(=O)OC)ccc2c1C(=O)c1ccc(OCCCN2CCCCC2)cc1. The van der Waals surface area contributed by atoms with E-state index >= 15 is 0 Å². The highest BCUT2D eigenvalue weighted by Gasteiger charge is 2.23. The minimum Gasteiger partial charge on any atom is -0.494 e. The topological polar surface area (TPSA) is 69.0 Å². The van der Waals surface area contributed by atoms with Crippen LogP contribution in [0.1, 0.15) is 77.5 Å². The van der Waals surface area contributed by atoms with E-state index in [1.807, 2.05) is 24.3 Å². The summed E-state index contributed by atoms with van der Waals surface area (Å²) in [6, 6.07) is 12.4. The molecular weight excluding hydrogens is 442 g/mol. The molecule has 2 aromatic carbocycles. The Labute approximate surface area is 207 Å². The highest BCUT2D eigenvalue weighted by atomic mass is 16.5. The van der Waals surface area contributed by atoms with Gasteiger partial charge >= 0.3 is 5.97 Å². The van der Waals surface area contributed by atoms with Crippen LogP contribution >= 0.6 is 0 Å². The highest BCUT2D eigenvalue weighted by molar-refractivity contribution is 6.17. The molecule has 2 heterocycles. The molecule has 1 saturated heterocycles. The van der Waals surface area contributed by atoms with E-state index in [-0.39, 0.29) is 5.78 Å². The molecule has 1 aliphatic rings. The zero-order chi connectivity index (χ0) is 24.6. The number of aryl methyl sites for hydroxylation is 1. The third-order valence-corrected chi connectivity index (χ3v) is 6.62. The molecule has 1 fully saturated rings. The van der Waals surface area contributed by atoms with Crippen molar-refractivity contribution in [1.82, 2.24) is 4.90 Å². The van der Waals surface area contributed by atoms with Crippen LogP contribution in [0.25, 0.3) is 11.0 Å².